The van der Waals surface area contributed by atoms with Crippen LogP contribution in [0, 0.1) is 11.8 Å². The molecule has 0 unspecified atom stereocenters. The van der Waals surface area contributed by atoms with E-state index in [1.807, 2.05) is 18.2 Å². The van der Waals surface area contributed by atoms with Gasteiger partial charge in [0.2, 0.25) is 5.91 Å². The van der Waals surface area contributed by atoms with Gasteiger partial charge in [-0.05, 0) is 42.5 Å². The summed E-state index contributed by atoms with van der Waals surface area (Å²) in [5, 5.41) is 3.51. The smallest absolute Gasteiger partial charge is 0.227 e. The molecule has 1 fully saturated rings. The molecular weight excluding hydrogens is 298 g/mol. The highest BCUT2D eigenvalue weighted by atomic mass is 35.5. The molecule has 4 heteroatoms. The second-order valence-corrected chi connectivity index (χ2v) is 6.06. The minimum atomic E-state index is 0.0431. The largest absolute Gasteiger partial charge is 0.495 e. The van der Waals surface area contributed by atoms with Gasteiger partial charge in [-0.1, -0.05) is 41.9 Å². The van der Waals surface area contributed by atoms with Crippen LogP contribution in [-0.2, 0) is 11.2 Å². The number of ether oxygens (including phenoxy) is 1. The molecule has 0 bridgehead atoms. The zero-order valence-electron chi connectivity index (χ0n) is 12.4. The number of nitrogens with one attached hydrogen (secondary N) is 1. The molecule has 0 aliphatic heterocycles. The average molecular weight is 316 g/mol. The fourth-order valence-electron chi connectivity index (χ4n) is 2.71. The molecule has 1 saturated carbocycles. The number of carbonyl (C=O) groups excluding carboxylic acids is 1. The van der Waals surface area contributed by atoms with E-state index in [4.69, 9.17) is 16.3 Å². The second-order valence-electron chi connectivity index (χ2n) is 5.63. The van der Waals surface area contributed by atoms with Crippen LogP contribution in [0.2, 0.25) is 5.02 Å². The number of anilines is 1. The molecule has 2 aromatic carbocycles. The third-order valence-electron chi connectivity index (χ3n) is 4.02. The van der Waals surface area contributed by atoms with Gasteiger partial charge < -0.3 is 10.1 Å². The van der Waals surface area contributed by atoms with Crippen LogP contribution >= 0.6 is 11.6 Å². The van der Waals surface area contributed by atoms with E-state index in [2.05, 4.69) is 17.4 Å². The molecule has 1 N–H and O–H groups in total. The first-order valence-corrected chi connectivity index (χ1v) is 7.73. The summed E-state index contributed by atoms with van der Waals surface area (Å²) >= 11 is 5.98. The Bertz CT molecular complexity index is 672. The Morgan fingerprint density at radius 2 is 2.05 bits per heavy atom. The van der Waals surface area contributed by atoms with Crippen molar-refractivity contribution in [3.05, 3.63) is 59.1 Å². The van der Waals surface area contributed by atoms with Crippen LogP contribution in [0.5, 0.6) is 5.75 Å². The van der Waals surface area contributed by atoms with Crippen molar-refractivity contribution in [1.29, 1.82) is 0 Å². The van der Waals surface area contributed by atoms with Crippen molar-refractivity contribution in [1.82, 2.24) is 0 Å². The first-order valence-electron chi connectivity index (χ1n) is 7.35. The van der Waals surface area contributed by atoms with E-state index in [0.29, 0.717) is 22.4 Å². The van der Waals surface area contributed by atoms with Gasteiger partial charge in [0.25, 0.3) is 0 Å². The molecule has 3 nitrogen and oxygen atoms in total. The van der Waals surface area contributed by atoms with Crippen molar-refractivity contribution in [3.8, 4) is 5.75 Å². The second kappa shape index (κ2) is 6.41. The third-order valence-corrected chi connectivity index (χ3v) is 4.25. The van der Waals surface area contributed by atoms with Gasteiger partial charge in [-0.15, -0.1) is 0 Å². The maximum atomic E-state index is 12.3. The molecule has 1 aliphatic rings. The summed E-state index contributed by atoms with van der Waals surface area (Å²) in [5.41, 5.74) is 1.91. The molecule has 3 rings (SSSR count). The van der Waals surface area contributed by atoms with Crippen LogP contribution < -0.4 is 10.1 Å². The molecule has 1 amide bonds. The summed E-state index contributed by atoms with van der Waals surface area (Å²) < 4.78 is 5.25. The van der Waals surface area contributed by atoms with E-state index in [1.54, 1.807) is 25.3 Å². The Kier molecular flexibility index (Phi) is 4.34. The van der Waals surface area contributed by atoms with Crippen molar-refractivity contribution >= 4 is 23.2 Å². The lowest BCUT2D eigenvalue weighted by Crippen LogP contribution is -2.15. The molecule has 0 saturated heterocycles. The maximum absolute atomic E-state index is 12.3. The van der Waals surface area contributed by atoms with Crippen LogP contribution in [0.15, 0.2) is 48.5 Å². The average Bonchev–Trinajstić information content (AvgIpc) is 3.28. The number of amides is 1. The molecule has 1 aliphatic carbocycles. The number of rotatable bonds is 5. The van der Waals surface area contributed by atoms with E-state index >= 15 is 0 Å². The van der Waals surface area contributed by atoms with Crippen LogP contribution in [-0.4, -0.2) is 13.0 Å². The van der Waals surface area contributed by atoms with E-state index in [-0.39, 0.29) is 11.8 Å². The monoisotopic (exact) mass is 315 g/mol. The van der Waals surface area contributed by atoms with Gasteiger partial charge in [0.1, 0.15) is 5.75 Å². The van der Waals surface area contributed by atoms with E-state index in [1.165, 1.54) is 5.56 Å². The summed E-state index contributed by atoms with van der Waals surface area (Å²) in [6.07, 6.45) is 1.88. The summed E-state index contributed by atoms with van der Waals surface area (Å²) in [5.74, 6) is 1.16. The topological polar surface area (TPSA) is 38.3 Å². The Morgan fingerprint density at radius 1 is 1.27 bits per heavy atom. The van der Waals surface area contributed by atoms with E-state index in [0.717, 1.165) is 12.8 Å². The highest BCUT2D eigenvalue weighted by Gasteiger charge is 2.42. The molecule has 2 aromatic rings. The van der Waals surface area contributed by atoms with Gasteiger partial charge in [0.15, 0.2) is 0 Å². The predicted octanol–water partition coefficient (Wildman–Crippen LogP) is 4.17. The van der Waals surface area contributed by atoms with E-state index in [9.17, 15) is 4.79 Å². The lowest BCUT2D eigenvalue weighted by molar-refractivity contribution is -0.117. The zero-order valence-corrected chi connectivity index (χ0v) is 13.1. The first-order chi connectivity index (χ1) is 10.7. The summed E-state index contributed by atoms with van der Waals surface area (Å²) in [7, 11) is 1.58. The van der Waals surface area contributed by atoms with Crippen molar-refractivity contribution in [2.45, 2.75) is 12.8 Å². The number of carbonyl (C=O) groups is 1. The lowest BCUT2D eigenvalue weighted by Gasteiger charge is -2.10. The van der Waals surface area contributed by atoms with Crippen LogP contribution in [0.3, 0.4) is 0 Å². The van der Waals surface area contributed by atoms with Crippen LogP contribution in [0.4, 0.5) is 5.69 Å². The summed E-state index contributed by atoms with van der Waals surface area (Å²) in [6.45, 7) is 0. The highest BCUT2D eigenvalue weighted by molar-refractivity contribution is 6.31. The molecular formula is C18H18ClNO2. The number of halogens is 1. The van der Waals surface area contributed by atoms with Crippen LogP contribution in [0.25, 0.3) is 0 Å². The first kappa shape index (κ1) is 14.9. The minimum Gasteiger partial charge on any atom is -0.495 e. The molecule has 0 spiro atoms. The maximum Gasteiger partial charge on any atom is 0.227 e. The fourth-order valence-corrected chi connectivity index (χ4v) is 2.89. The Morgan fingerprint density at radius 3 is 2.77 bits per heavy atom. The van der Waals surface area contributed by atoms with Crippen molar-refractivity contribution in [3.63, 3.8) is 0 Å². The van der Waals surface area contributed by atoms with Crippen molar-refractivity contribution in [2.24, 2.45) is 11.8 Å². The highest BCUT2D eigenvalue weighted by Crippen LogP contribution is 2.42. The number of methoxy groups -OCH3 is 1. The van der Waals surface area contributed by atoms with Gasteiger partial charge >= 0.3 is 0 Å². The van der Waals surface area contributed by atoms with Gasteiger partial charge in [-0.3, -0.25) is 4.79 Å². The van der Waals surface area contributed by atoms with Crippen molar-refractivity contribution in [2.75, 3.05) is 12.4 Å². The Balaban J connectivity index is 1.61. The number of benzene rings is 2. The normalized spacial score (nSPS) is 19.5. The SMILES string of the molecule is COc1ccc(Cl)cc1NC(=O)[C@H]1C[C@@H]1Cc1ccccc1. The Hall–Kier alpha value is -2.00. The predicted molar refractivity (Wildman–Crippen MR) is 88.4 cm³/mol. The molecule has 114 valence electrons. The zero-order chi connectivity index (χ0) is 15.5. The third kappa shape index (κ3) is 3.42. The van der Waals surface area contributed by atoms with Gasteiger partial charge in [-0.25, -0.2) is 0 Å². The van der Waals surface area contributed by atoms with Gasteiger partial charge in [0, 0.05) is 10.9 Å². The fraction of sp³-hybridized carbons (Fsp3) is 0.278. The Labute approximate surface area is 135 Å². The molecule has 2 atom stereocenters. The van der Waals surface area contributed by atoms with Crippen LogP contribution in [0.1, 0.15) is 12.0 Å². The summed E-state index contributed by atoms with van der Waals surface area (Å²) in [4.78, 5) is 12.3. The molecule has 0 radical (unpaired) electrons. The number of hydrogen-bond acceptors (Lipinski definition) is 2. The molecule has 0 heterocycles. The van der Waals surface area contributed by atoms with E-state index < -0.39 is 0 Å². The molecule has 22 heavy (non-hydrogen) atoms. The number of hydrogen-bond donors (Lipinski definition) is 1. The summed E-state index contributed by atoms with van der Waals surface area (Å²) in [6, 6.07) is 15.5. The minimum absolute atomic E-state index is 0.0431. The quantitative estimate of drug-likeness (QED) is 0.899. The lowest BCUT2D eigenvalue weighted by atomic mass is 10.1. The van der Waals surface area contributed by atoms with Gasteiger partial charge in [-0.2, -0.15) is 0 Å². The standard InChI is InChI=1S/C18H18ClNO2/c1-22-17-8-7-14(19)11-16(17)20-18(21)15-10-13(15)9-12-5-3-2-4-6-12/h2-8,11,13,15H,9-10H2,1H3,(H,20,21)/t13-,15-/m0/s1. The molecule has 0 aromatic heterocycles. The van der Waals surface area contributed by atoms with Gasteiger partial charge in [0.05, 0.1) is 12.8 Å². The van der Waals surface area contributed by atoms with Crippen molar-refractivity contribution < 1.29 is 9.53 Å².